The lowest BCUT2D eigenvalue weighted by atomic mass is 9.90. The third-order valence-electron chi connectivity index (χ3n) is 4.57. The molecule has 0 aliphatic carbocycles. The van der Waals surface area contributed by atoms with Crippen molar-refractivity contribution in [3.8, 4) is 23.3 Å². The van der Waals surface area contributed by atoms with Crippen molar-refractivity contribution in [3.05, 3.63) is 83.6 Å². The number of nitrogens with one attached hydrogen (secondary N) is 1. The zero-order valence-corrected chi connectivity index (χ0v) is 14.9. The van der Waals surface area contributed by atoms with E-state index in [9.17, 15) is 10.5 Å². The van der Waals surface area contributed by atoms with Crippen LogP contribution in [0.15, 0.2) is 66.9 Å². The van der Waals surface area contributed by atoms with Gasteiger partial charge in [-0.2, -0.15) is 15.6 Å². The third-order valence-corrected chi connectivity index (χ3v) is 4.57. The molecule has 0 saturated heterocycles. The number of rotatable bonds is 4. The van der Waals surface area contributed by atoms with Crippen molar-refractivity contribution in [1.82, 2.24) is 9.61 Å². The molecule has 0 unspecified atom stereocenters. The quantitative estimate of drug-likeness (QED) is 0.568. The Morgan fingerprint density at radius 2 is 1.57 bits per heavy atom. The molecule has 4 rings (SSSR count). The fourth-order valence-electron chi connectivity index (χ4n) is 3.30. The number of fused-ring (bicyclic) bond motifs is 1. The van der Waals surface area contributed by atoms with E-state index in [1.165, 1.54) is 6.20 Å². The first-order chi connectivity index (χ1) is 13.7. The summed E-state index contributed by atoms with van der Waals surface area (Å²) in [5.74, 6) is 0.510. The number of nitrogens with zero attached hydrogens (tertiary/aromatic N) is 4. The molecule has 0 spiro atoms. The van der Waals surface area contributed by atoms with Gasteiger partial charge in [0.05, 0.1) is 11.1 Å². The van der Waals surface area contributed by atoms with Gasteiger partial charge in [-0.15, -0.1) is 0 Å². The highest BCUT2D eigenvalue weighted by molar-refractivity contribution is 6.37. The van der Waals surface area contributed by atoms with Gasteiger partial charge < -0.3 is 5.32 Å². The summed E-state index contributed by atoms with van der Waals surface area (Å²) in [5.41, 5.74) is 3.97. The maximum Gasteiger partial charge on any atom is 0.147 e. The molecule has 0 atom stereocenters. The standard InChI is InChI=1S/C22H14BN5/c23-19-14-27-28-21(19)17(11-24)20(16-9-5-2-6-10-16)18(12-25)22(28)26-13-15-7-3-1-4-8-15/h1-10,14,26H,13H2. The minimum Gasteiger partial charge on any atom is -0.365 e. The van der Waals surface area contributed by atoms with Gasteiger partial charge in [-0.25, -0.2) is 4.52 Å². The van der Waals surface area contributed by atoms with Gasteiger partial charge >= 0.3 is 0 Å². The minimum atomic E-state index is 0.336. The Balaban J connectivity index is 1.99. The van der Waals surface area contributed by atoms with Crippen LogP contribution in [-0.2, 0) is 6.54 Å². The third kappa shape index (κ3) is 2.88. The first-order valence-electron chi connectivity index (χ1n) is 8.71. The molecule has 0 bridgehead atoms. The van der Waals surface area contributed by atoms with Gasteiger partial charge in [0.1, 0.15) is 31.4 Å². The maximum atomic E-state index is 9.97. The average Bonchev–Trinajstić information content (AvgIpc) is 3.14. The molecule has 2 heterocycles. The van der Waals surface area contributed by atoms with Crippen molar-refractivity contribution in [3.63, 3.8) is 0 Å². The zero-order chi connectivity index (χ0) is 19.5. The molecule has 0 amide bonds. The normalized spacial score (nSPS) is 10.4. The van der Waals surface area contributed by atoms with E-state index in [0.29, 0.717) is 40.0 Å². The van der Waals surface area contributed by atoms with Crippen LogP contribution in [0.25, 0.3) is 16.6 Å². The molecule has 1 N–H and O–H groups in total. The van der Waals surface area contributed by atoms with Crippen molar-refractivity contribution in [1.29, 1.82) is 10.5 Å². The molecular weight excluding hydrogens is 345 g/mol. The predicted octanol–water partition coefficient (Wildman–Crippen LogP) is 3.15. The number of pyridine rings is 1. The summed E-state index contributed by atoms with van der Waals surface area (Å²) in [7, 11) is 6.12. The van der Waals surface area contributed by atoms with E-state index in [1.807, 2.05) is 60.7 Å². The SMILES string of the molecule is [B]c1cnn2c(NCc3ccccc3)c(C#N)c(-c3ccccc3)c(C#N)c12. The lowest BCUT2D eigenvalue weighted by molar-refractivity contribution is 0.939. The Hall–Kier alpha value is -4.03. The predicted molar refractivity (Wildman–Crippen MR) is 109 cm³/mol. The number of nitriles is 2. The lowest BCUT2D eigenvalue weighted by Crippen LogP contribution is -2.12. The molecule has 0 fully saturated rings. The topological polar surface area (TPSA) is 76.9 Å². The smallest absolute Gasteiger partial charge is 0.147 e. The fraction of sp³-hybridized carbons (Fsp3) is 0.0455. The summed E-state index contributed by atoms with van der Waals surface area (Å²) in [6.07, 6.45) is 1.50. The summed E-state index contributed by atoms with van der Waals surface area (Å²) in [4.78, 5) is 0. The molecule has 5 nitrogen and oxygen atoms in total. The molecule has 2 aromatic heterocycles. The largest absolute Gasteiger partial charge is 0.365 e. The Labute approximate surface area is 163 Å². The van der Waals surface area contributed by atoms with E-state index in [-0.39, 0.29) is 0 Å². The minimum absolute atomic E-state index is 0.336. The Kier molecular flexibility index (Phi) is 4.54. The summed E-state index contributed by atoms with van der Waals surface area (Å²) in [6.45, 7) is 0.504. The molecular formula is C22H14BN5. The van der Waals surface area contributed by atoms with Crippen LogP contribution in [0.2, 0.25) is 0 Å². The van der Waals surface area contributed by atoms with Gasteiger partial charge in [0.2, 0.25) is 0 Å². The Morgan fingerprint density at radius 3 is 2.21 bits per heavy atom. The van der Waals surface area contributed by atoms with Crippen LogP contribution in [0.3, 0.4) is 0 Å². The van der Waals surface area contributed by atoms with E-state index in [0.717, 1.165) is 11.1 Å². The number of hydrogen-bond donors (Lipinski definition) is 1. The highest BCUT2D eigenvalue weighted by atomic mass is 15.3. The number of anilines is 1. The van der Waals surface area contributed by atoms with Crippen LogP contribution in [-0.4, -0.2) is 17.5 Å². The molecule has 2 aromatic carbocycles. The van der Waals surface area contributed by atoms with Crippen LogP contribution in [0.1, 0.15) is 16.7 Å². The average molecular weight is 359 g/mol. The van der Waals surface area contributed by atoms with Gasteiger partial charge in [0, 0.05) is 18.3 Å². The van der Waals surface area contributed by atoms with Gasteiger partial charge in [0.25, 0.3) is 0 Å². The molecule has 4 aromatic rings. The highest BCUT2D eigenvalue weighted by Gasteiger charge is 2.22. The zero-order valence-electron chi connectivity index (χ0n) is 14.9. The maximum absolute atomic E-state index is 9.97. The molecule has 0 aliphatic rings. The van der Waals surface area contributed by atoms with Crippen molar-refractivity contribution in [2.75, 3.05) is 5.32 Å². The van der Waals surface area contributed by atoms with E-state index in [4.69, 9.17) is 7.85 Å². The summed E-state index contributed by atoms with van der Waals surface area (Å²) < 4.78 is 1.54. The van der Waals surface area contributed by atoms with E-state index in [1.54, 1.807) is 4.52 Å². The molecule has 2 radical (unpaired) electrons. The van der Waals surface area contributed by atoms with Crippen LogP contribution in [0, 0.1) is 22.7 Å². The van der Waals surface area contributed by atoms with Crippen molar-refractivity contribution in [2.45, 2.75) is 6.54 Å². The van der Waals surface area contributed by atoms with Crippen LogP contribution in [0.5, 0.6) is 0 Å². The van der Waals surface area contributed by atoms with Crippen molar-refractivity contribution in [2.24, 2.45) is 0 Å². The first-order valence-corrected chi connectivity index (χ1v) is 8.71. The molecule has 130 valence electrons. The Bertz CT molecular complexity index is 1230. The summed E-state index contributed by atoms with van der Waals surface area (Å²) in [6, 6.07) is 23.7. The van der Waals surface area contributed by atoms with Crippen LogP contribution < -0.4 is 10.8 Å². The molecule has 0 saturated carbocycles. The summed E-state index contributed by atoms with van der Waals surface area (Å²) in [5, 5.41) is 27.5. The molecule has 28 heavy (non-hydrogen) atoms. The molecule has 6 heteroatoms. The van der Waals surface area contributed by atoms with Gasteiger partial charge in [-0.1, -0.05) is 66.1 Å². The number of aromatic nitrogens is 2. The van der Waals surface area contributed by atoms with Crippen LogP contribution in [0.4, 0.5) is 5.82 Å². The van der Waals surface area contributed by atoms with Crippen LogP contribution >= 0.6 is 0 Å². The van der Waals surface area contributed by atoms with Crippen molar-refractivity contribution < 1.29 is 0 Å². The first kappa shape index (κ1) is 17.4. The second-order valence-corrected chi connectivity index (χ2v) is 6.26. The second kappa shape index (κ2) is 7.30. The van der Waals surface area contributed by atoms with Gasteiger partial charge in [-0.3, -0.25) is 0 Å². The highest BCUT2D eigenvalue weighted by Crippen LogP contribution is 2.34. The molecule has 0 aliphatic heterocycles. The van der Waals surface area contributed by atoms with E-state index in [2.05, 4.69) is 22.6 Å². The number of hydrogen-bond acceptors (Lipinski definition) is 4. The fourth-order valence-corrected chi connectivity index (χ4v) is 3.30. The monoisotopic (exact) mass is 359 g/mol. The lowest BCUT2D eigenvalue weighted by Gasteiger charge is -2.16. The Morgan fingerprint density at radius 1 is 0.929 bits per heavy atom. The van der Waals surface area contributed by atoms with Gasteiger partial charge in [0.15, 0.2) is 0 Å². The second-order valence-electron chi connectivity index (χ2n) is 6.26. The van der Waals surface area contributed by atoms with Crippen molar-refractivity contribution >= 4 is 24.6 Å². The number of benzene rings is 2. The summed E-state index contributed by atoms with van der Waals surface area (Å²) >= 11 is 0. The van der Waals surface area contributed by atoms with Gasteiger partial charge in [-0.05, 0) is 11.1 Å². The van der Waals surface area contributed by atoms with E-state index >= 15 is 0 Å². The van der Waals surface area contributed by atoms with E-state index < -0.39 is 0 Å².